The fourth-order valence-corrected chi connectivity index (χ4v) is 7.60. The first-order valence-corrected chi connectivity index (χ1v) is 16.1. The molecule has 48 heavy (non-hydrogen) atoms. The number of benzene rings is 1. The van der Waals surface area contributed by atoms with E-state index >= 15 is 0 Å². The Morgan fingerprint density at radius 3 is 2.71 bits per heavy atom. The minimum absolute atomic E-state index is 0.0359. The number of fused-ring (bicyclic) bond motifs is 3. The second-order valence-corrected chi connectivity index (χ2v) is 13.1. The number of rotatable bonds is 6. The summed E-state index contributed by atoms with van der Waals surface area (Å²) in [5.74, 6) is 0.0826. The van der Waals surface area contributed by atoms with E-state index in [0.717, 1.165) is 23.8 Å². The molecule has 1 spiro atoms. The fraction of sp³-hybridized carbons (Fsp3) is 0.424. The van der Waals surface area contributed by atoms with E-state index in [2.05, 4.69) is 20.3 Å². The Kier molecular flexibility index (Phi) is 8.28. The van der Waals surface area contributed by atoms with Crippen molar-refractivity contribution in [3.63, 3.8) is 0 Å². The molecule has 4 aromatic rings. The number of ether oxygens (including phenoxy) is 1. The number of nitrogens with zero attached hydrogens (tertiary/aromatic N) is 6. The molecule has 5 heterocycles. The van der Waals surface area contributed by atoms with Crippen LogP contribution in [0.25, 0.3) is 11.4 Å². The Bertz CT molecular complexity index is 2000. The molecule has 0 bridgehead atoms. The van der Waals surface area contributed by atoms with E-state index in [1.165, 1.54) is 4.52 Å². The van der Waals surface area contributed by atoms with Gasteiger partial charge in [0.2, 0.25) is 11.7 Å². The van der Waals surface area contributed by atoms with Crippen LogP contribution in [0, 0.1) is 0 Å². The number of amides is 1. The minimum Gasteiger partial charge on any atom is -0.506 e. The number of hydrogen-bond donors (Lipinski definition) is 2. The van der Waals surface area contributed by atoms with Crippen molar-refractivity contribution in [2.24, 2.45) is 0 Å². The lowest BCUT2D eigenvalue weighted by molar-refractivity contribution is -0.137. The van der Waals surface area contributed by atoms with Crippen LogP contribution in [0.4, 0.5) is 18.9 Å². The number of nitrogens with one attached hydrogen (secondary N) is 1. The number of aromatic hydroxyl groups is 1. The number of piperidine rings is 1. The number of anilines is 1. The fourth-order valence-electron chi connectivity index (χ4n) is 7.37. The zero-order valence-corrected chi connectivity index (χ0v) is 26.8. The number of aromatic nitrogens is 5. The van der Waals surface area contributed by atoms with Gasteiger partial charge in [-0.05, 0) is 80.6 Å². The molecule has 7 rings (SSSR count). The van der Waals surface area contributed by atoms with Crippen LogP contribution in [0.3, 0.4) is 0 Å². The van der Waals surface area contributed by atoms with E-state index in [1.54, 1.807) is 22.9 Å². The van der Waals surface area contributed by atoms with Gasteiger partial charge in [-0.15, -0.1) is 5.10 Å². The number of alkyl halides is 3. The highest BCUT2D eigenvalue weighted by molar-refractivity contribution is 6.33. The largest absolute Gasteiger partial charge is 0.506 e. The highest BCUT2D eigenvalue weighted by Crippen LogP contribution is 2.50. The van der Waals surface area contributed by atoms with Crippen LogP contribution in [0.2, 0.25) is 5.02 Å². The van der Waals surface area contributed by atoms with Gasteiger partial charge in [-0.25, -0.2) is 0 Å². The first-order valence-electron chi connectivity index (χ1n) is 15.8. The summed E-state index contributed by atoms with van der Waals surface area (Å²) in [5.41, 5.74) is 1.12. The minimum atomic E-state index is -4.58. The van der Waals surface area contributed by atoms with Gasteiger partial charge >= 0.3 is 6.18 Å². The van der Waals surface area contributed by atoms with E-state index in [1.807, 2.05) is 13.0 Å². The molecule has 252 valence electrons. The third kappa shape index (κ3) is 5.86. The summed E-state index contributed by atoms with van der Waals surface area (Å²) in [6, 6.07) is 6.04. The smallest absolute Gasteiger partial charge is 0.416 e. The van der Waals surface area contributed by atoms with Crippen LogP contribution < -0.4 is 10.9 Å². The predicted molar refractivity (Wildman–Crippen MR) is 171 cm³/mol. The van der Waals surface area contributed by atoms with Gasteiger partial charge < -0.3 is 19.7 Å². The maximum absolute atomic E-state index is 14.4. The van der Waals surface area contributed by atoms with Crippen molar-refractivity contribution >= 4 is 34.5 Å². The number of carbonyl (C=O) groups is 1. The highest BCUT2D eigenvalue weighted by Gasteiger charge is 2.48. The van der Waals surface area contributed by atoms with Crippen molar-refractivity contribution in [3.8, 4) is 5.75 Å². The standard InChI is InChI=1S/C33H33ClF3N7O4/c1-19-16-32(8-11-42(12-9-32)17-24-25(45)3-2-10-38-24)27-28(19)43(18-26(46)39-23-5-4-21(15-22(23)34)33(35,36)37)31-40-29(41-44(31)30(27)47)20-6-13-48-14-7-20/h2-6,10,15,19,45H,7-9,11-14,16-18H2,1H3,(H,39,46). The molecule has 1 aliphatic carbocycles. The number of hydrogen-bond acceptors (Lipinski definition) is 8. The van der Waals surface area contributed by atoms with Crippen molar-refractivity contribution in [1.82, 2.24) is 29.0 Å². The maximum Gasteiger partial charge on any atom is 0.416 e. The molecule has 1 amide bonds. The summed E-state index contributed by atoms with van der Waals surface area (Å²) in [6.07, 6.45) is 1.55. The maximum atomic E-state index is 14.4. The van der Waals surface area contributed by atoms with Crippen LogP contribution in [-0.4, -0.2) is 66.4 Å². The molecule has 1 atom stereocenters. The third-order valence-corrected chi connectivity index (χ3v) is 9.97. The first-order chi connectivity index (χ1) is 22.9. The summed E-state index contributed by atoms with van der Waals surface area (Å²) in [7, 11) is 0. The van der Waals surface area contributed by atoms with Crippen molar-refractivity contribution in [3.05, 3.63) is 86.3 Å². The van der Waals surface area contributed by atoms with Crippen LogP contribution in [0.15, 0.2) is 47.4 Å². The lowest BCUT2D eigenvalue weighted by Gasteiger charge is -2.39. The number of pyridine rings is 1. The van der Waals surface area contributed by atoms with Crippen molar-refractivity contribution in [2.45, 2.75) is 63.2 Å². The monoisotopic (exact) mass is 683 g/mol. The van der Waals surface area contributed by atoms with Gasteiger partial charge in [0.05, 0.1) is 35.2 Å². The Morgan fingerprint density at radius 2 is 2.02 bits per heavy atom. The molecule has 1 saturated heterocycles. The van der Waals surface area contributed by atoms with Gasteiger partial charge in [0, 0.05) is 29.4 Å². The van der Waals surface area contributed by atoms with Crippen LogP contribution in [-0.2, 0) is 34.2 Å². The summed E-state index contributed by atoms with van der Waals surface area (Å²) in [4.78, 5) is 39.2. The Morgan fingerprint density at radius 1 is 1.23 bits per heavy atom. The summed E-state index contributed by atoms with van der Waals surface area (Å²) in [6.45, 7) is 4.47. The average Bonchev–Trinajstić information content (AvgIpc) is 3.63. The molecule has 1 aromatic carbocycles. The molecular weight excluding hydrogens is 651 g/mol. The number of likely N-dealkylation sites (tertiary alicyclic amines) is 1. The van der Waals surface area contributed by atoms with E-state index in [-0.39, 0.29) is 40.3 Å². The average molecular weight is 684 g/mol. The second-order valence-electron chi connectivity index (χ2n) is 12.7. The molecule has 2 aliphatic heterocycles. The zero-order chi connectivity index (χ0) is 33.8. The Hall–Kier alpha value is -4.27. The van der Waals surface area contributed by atoms with Gasteiger partial charge in [0.15, 0.2) is 5.82 Å². The molecule has 0 saturated carbocycles. The summed E-state index contributed by atoms with van der Waals surface area (Å²) < 4.78 is 48.0. The molecular formula is C33H33ClF3N7O4. The van der Waals surface area contributed by atoms with Gasteiger partial charge in [-0.2, -0.15) is 22.7 Å². The predicted octanol–water partition coefficient (Wildman–Crippen LogP) is 5.15. The van der Waals surface area contributed by atoms with Gasteiger partial charge in [-0.3, -0.25) is 19.5 Å². The third-order valence-electron chi connectivity index (χ3n) is 9.65. The topological polar surface area (TPSA) is 127 Å². The van der Waals surface area contributed by atoms with Gasteiger partial charge in [-0.1, -0.05) is 24.6 Å². The van der Waals surface area contributed by atoms with Crippen molar-refractivity contribution < 1.29 is 27.8 Å². The number of carbonyl (C=O) groups excluding carboxylic acids is 1. The Balaban J connectivity index is 1.25. The SMILES string of the molecule is CC1CC2(CCN(Cc3ncccc3O)CC2)c2c1n(CC(=O)Nc1ccc(C(F)(F)F)cc1Cl)c1nc(C3=CCOCC3)nn1c2=O. The summed E-state index contributed by atoms with van der Waals surface area (Å²) >= 11 is 6.15. The van der Waals surface area contributed by atoms with Gasteiger partial charge in [0.25, 0.3) is 5.56 Å². The van der Waals surface area contributed by atoms with Crippen molar-refractivity contribution in [2.75, 3.05) is 31.6 Å². The quantitative estimate of drug-likeness (QED) is 0.286. The Labute approximate surface area is 278 Å². The molecule has 0 radical (unpaired) electrons. The molecule has 3 aliphatic rings. The van der Waals surface area contributed by atoms with Crippen LogP contribution in [0.5, 0.6) is 5.75 Å². The van der Waals surface area contributed by atoms with E-state index in [0.29, 0.717) is 81.3 Å². The van der Waals surface area contributed by atoms with E-state index < -0.39 is 23.1 Å². The molecule has 11 nitrogen and oxygen atoms in total. The van der Waals surface area contributed by atoms with Crippen LogP contribution in [0.1, 0.15) is 66.9 Å². The molecule has 2 N–H and O–H groups in total. The van der Waals surface area contributed by atoms with Crippen LogP contribution >= 0.6 is 11.6 Å². The molecule has 1 fully saturated rings. The highest BCUT2D eigenvalue weighted by atomic mass is 35.5. The summed E-state index contributed by atoms with van der Waals surface area (Å²) in [5, 5.41) is 17.3. The first kappa shape index (κ1) is 32.3. The molecule has 1 unspecified atom stereocenters. The number of halogens is 4. The normalized spacial score (nSPS) is 19.4. The second kappa shape index (κ2) is 12.3. The van der Waals surface area contributed by atoms with E-state index in [4.69, 9.17) is 21.3 Å². The molecule has 3 aromatic heterocycles. The zero-order valence-electron chi connectivity index (χ0n) is 26.1. The van der Waals surface area contributed by atoms with E-state index in [9.17, 15) is 27.9 Å². The lowest BCUT2D eigenvalue weighted by atomic mass is 9.73. The van der Waals surface area contributed by atoms with Crippen molar-refractivity contribution in [1.29, 1.82) is 0 Å². The van der Waals surface area contributed by atoms with Gasteiger partial charge in [0.1, 0.15) is 12.3 Å². The molecule has 15 heteroatoms. The lowest BCUT2D eigenvalue weighted by Crippen LogP contribution is -2.44.